The summed E-state index contributed by atoms with van der Waals surface area (Å²) in [5.74, 6) is 0.0797. The van der Waals surface area contributed by atoms with Gasteiger partial charge >= 0.3 is 0 Å². The van der Waals surface area contributed by atoms with Crippen LogP contribution in [0.2, 0.25) is 10.0 Å². The van der Waals surface area contributed by atoms with E-state index in [1.54, 1.807) is 6.07 Å². The Balaban J connectivity index is 0.00000225. The maximum absolute atomic E-state index is 9.69. The minimum absolute atomic E-state index is 0. The molecule has 0 amide bonds. The maximum atomic E-state index is 9.69. The third kappa shape index (κ3) is 4.02. The van der Waals surface area contributed by atoms with E-state index in [1.807, 2.05) is 0 Å². The number of rotatable bonds is 4. The highest BCUT2D eigenvalue weighted by Crippen LogP contribution is 2.35. The zero-order valence-corrected chi connectivity index (χ0v) is 11.4. The van der Waals surface area contributed by atoms with Crippen molar-refractivity contribution in [1.29, 1.82) is 0 Å². The van der Waals surface area contributed by atoms with Gasteiger partial charge in [0.15, 0.2) is 0 Å². The summed E-state index contributed by atoms with van der Waals surface area (Å²) in [6.45, 7) is 2.09. The predicted octanol–water partition coefficient (Wildman–Crippen LogP) is 4.31. The summed E-state index contributed by atoms with van der Waals surface area (Å²) >= 11 is 11.7. The summed E-state index contributed by atoms with van der Waals surface area (Å²) in [6, 6.07) is 2.84. The minimum atomic E-state index is -0.227. The lowest BCUT2D eigenvalue weighted by molar-refractivity contribution is 0.457. The van der Waals surface area contributed by atoms with Gasteiger partial charge in [0.1, 0.15) is 5.75 Å². The molecule has 0 saturated heterocycles. The fraction of sp³-hybridized carbons (Fsp3) is 0.455. The van der Waals surface area contributed by atoms with Crippen LogP contribution in [0.25, 0.3) is 0 Å². The quantitative estimate of drug-likeness (QED) is 0.865. The first-order valence-corrected chi connectivity index (χ1v) is 5.75. The van der Waals surface area contributed by atoms with Gasteiger partial charge < -0.3 is 10.8 Å². The van der Waals surface area contributed by atoms with E-state index in [9.17, 15) is 5.11 Å². The van der Waals surface area contributed by atoms with Gasteiger partial charge in [0, 0.05) is 16.6 Å². The first-order chi connectivity index (χ1) is 7.06. The van der Waals surface area contributed by atoms with Crippen LogP contribution < -0.4 is 5.73 Å². The topological polar surface area (TPSA) is 46.2 Å². The first-order valence-electron chi connectivity index (χ1n) is 4.99. The van der Waals surface area contributed by atoms with Crippen molar-refractivity contribution in [1.82, 2.24) is 0 Å². The van der Waals surface area contributed by atoms with Gasteiger partial charge in [0.05, 0.1) is 5.02 Å². The van der Waals surface area contributed by atoms with E-state index in [2.05, 4.69) is 6.92 Å². The van der Waals surface area contributed by atoms with Crippen LogP contribution in [0.4, 0.5) is 0 Å². The Morgan fingerprint density at radius 3 is 2.50 bits per heavy atom. The fourth-order valence-corrected chi connectivity index (χ4v) is 2.13. The number of phenols is 1. The van der Waals surface area contributed by atoms with Crippen molar-refractivity contribution < 1.29 is 5.11 Å². The second-order valence-corrected chi connectivity index (χ2v) is 4.41. The van der Waals surface area contributed by atoms with E-state index in [-0.39, 0.29) is 24.2 Å². The molecular formula is C11H16Cl3NO. The third-order valence-corrected chi connectivity index (χ3v) is 2.84. The molecule has 0 heterocycles. The standard InChI is InChI=1S/C11H15Cl2NO.ClH/c1-2-3-4-9(14)11-8(13)5-7(12)6-10(11)15;/h5-6,9,15H,2-4,14H2,1H3;1H/t9-;/m0./s1. The molecule has 1 atom stereocenters. The van der Waals surface area contributed by atoms with Crippen LogP contribution in [0.15, 0.2) is 12.1 Å². The normalized spacial score (nSPS) is 12.0. The highest BCUT2D eigenvalue weighted by molar-refractivity contribution is 6.35. The second kappa shape index (κ2) is 7.23. The van der Waals surface area contributed by atoms with Gasteiger partial charge in [-0.1, -0.05) is 43.0 Å². The van der Waals surface area contributed by atoms with Gasteiger partial charge in [-0.05, 0) is 18.6 Å². The van der Waals surface area contributed by atoms with Gasteiger partial charge in [0.25, 0.3) is 0 Å². The lowest BCUT2D eigenvalue weighted by atomic mass is 10.0. The SMILES string of the molecule is CCCC[C@H](N)c1c(O)cc(Cl)cc1Cl.Cl. The van der Waals surface area contributed by atoms with Crippen molar-refractivity contribution in [2.75, 3.05) is 0 Å². The van der Waals surface area contributed by atoms with Gasteiger partial charge in [-0.25, -0.2) is 0 Å². The molecule has 16 heavy (non-hydrogen) atoms. The molecule has 0 unspecified atom stereocenters. The maximum Gasteiger partial charge on any atom is 0.123 e. The Morgan fingerprint density at radius 2 is 2.00 bits per heavy atom. The summed E-state index contributed by atoms with van der Waals surface area (Å²) in [5.41, 5.74) is 6.54. The number of nitrogens with two attached hydrogens (primary N) is 1. The minimum Gasteiger partial charge on any atom is -0.508 e. The van der Waals surface area contributed by atoms with Crippen molar-refractivity contribution in [3.8, 4) is 5.75 Å². The molecule has 0 spiro atoms. The molecule has 5 heteroatoms. The van der Waals surface area contributed by atoms with Crippen LogP contribution >= 0.6 is 35.6 Å². The zero-order chi connectivity index (χ0) is 11.4. The largest absolute Gasteiger partial charge is 0.508 e. The molecule has 0 aliphatic heterocycles. The Bertz CT molecular complexity index is 321. The third-order valence-electron chi connectivity index (χ3n) is 2.31. The molecule has 92 valence electrons. The van der Waals surface area contributed by atoms with E-state index < -0.39 is 0 Å². The smallest absolute Gasteiger partial charge is 0.123 e. The van der Waals surface area contributed by atoms with Crippen molar-refractivity contribution in [3.63, 3.8) is 0 Å². The van der Waals surface area contributed by atoms with Crippen molar-refractivity contribution in [3.05, 3.63) is 27.7 Å². The molecule has 0 aromatic heterocycles. The van der Waals surface area contributed by atoms with E-state index >= 15 is 0 Å². The van der Waals surface area contributed by atoms with Crippen LogP contribution in [-0.4, -0.2) is 5.11 Å². The molecule has 0 fully saturated rings. The number of halogens is 3. The number of unbranched alkanes of at least 4 members (excludes halogenated alkanes) is 1. The number of benzene rings is 1. The second-order valence-electron chi connectivity index (χ2n) is 3.57. The van der Waals surface area contributed by atoms with E-state index in [1.165, 1.54) is 6.07 Å². The zero-order valence-electron chi connectivity index (χ0n) is 9.04. The highest BCUT2D eigenvalue weighted by Gasteiger charge is 2.15. The van der Waals surface area contributed by atoms with Crippen molar-refractivity contribution >= 4 is 35.6 Å². The molecule has 1 aromatic carbocycles. The van der Waals surface area contributed by atoms with E-state index in [4.69, 9.17) is 28.9 Å². The molecule has 0 aliphatic rings. The van der Waals surface area contributed by atoms with Crippen LogP contribution in [0, 0.1) is 0 Å². The predicted molar refractivity (Wildman–Crippen MR) is 71.8 cm³/mol. The number of phenolic OH excluding ortho intramolecular Hbond substituents is 1. The summed E-state index contributed by atoms with van der Waals surface area (Å²) in [6.07, 6.45) is 2.89. The Hall–Kier alpha value is -0.150. The number of aromatic hydroxyl groups is 1. The highest BCUT2D eigenvalue weighted by atomic mass is 35.5. The lowest BCUT2D eigenvalue weighted by Crippen LogP contribution is -2.10. The van der Waals surface area contributed by atoms with Gasteiger partial charge in [0.2, 0.25) is 0 Å². The summed E-state index contributed by atoms with van der Waals surface area (Å²) in [7, 11) is 0. The Morgan fingerprint density at radius 1 is 1.38 bits per heavy atom. The van der Waals surface area contributed by atoms with Crippen molar-refractivity contribution in [2.45, 2.75) is 32.2 Å². The molecule has 0 aliphatic carbocycles. The van der Waals surface area contributed by atoms with E-state index in [0.29, 0.717) is 15.6 Å². The molecule has 3 N–H and O–H groups in total. The number of hydrogen-bond acceptors (Lipinski definition) is 2. The molecule has 1 rings (SSSR count). The Labute approximate surface area is 112 Å². The molecule has 0 bridgehead atoms. The lowest BCUT2D eigenvalue weighted by Gasteiger charge is -2.15. The van der Waals surface area contributed by atoms with Gasteiger partial charge in [-0.2, -0.15) is 0 Å². The van der Waals surface area contributed by atoms with Gasteiger partial charge in [-0.15, -0.1) is 12.4 Å². The molecule has 2 nitrogen and oxygen atoms in total. The van der Waals surface area contributed by atoms with Crippen molar-refractivity contribution in [2.24, 2.45) is 5.73 Å². The molecule has 0 saturated carbocycles. The van der Waals surface area contributed by atoms with Crippen LogP contribution in [0.1, 0.15) is 37.8 Å². The van der Waals surface area contributed by atoms with E-state index in [0.717, 1.165) is 19.3 Å². The van der Waals surface area contributed by atoms with Crippen LogP contribution in [-0.2, 0) is 0 Å². The summed E-state index contributed by atoms with van der Waals surface area (Å²) < 4.78 is 0. The summed E-state index contributed by atoms with van der Waals surface area (Å²) in [4.78, 5) is 0. The van der Waals surface area contributed by atoms with Crippen LogP contribution in [0.5, 0.6) is 5.75 Å². The van der Waals surface area contributed by atoms with Crippen LogP contribution in [0.3, 0.4) is 0 Å². The molecular weight excluding hydrogens is 268 g/mol. The molecule has 0 radical (unpaired) electrons. The van der Waals surface area contributed by atoms with Gasteiger partial charge in [-0.3, -0.25) is 0 Å². The number of hydrogen-bond donors (Lipinski definition) is 2. The average Bonchev–Trinajstić information content (AvgIpc) is 2.12. The fourth-order valence-electron chi connectivity index (χ4n) is 1.51. The average molecular weight is 285 g/mol. The molecule has 1 aromatic rings. The summed E-state index contributed by atoms with van der Waals surface area (Å²) in [5, 5.41) is 10.5. The monoisotopic (exact) mass is 283 g/mol. The first kappa shape index (κ1) is 15.9. The Kier molecular flexibility index (Phi) is 7.16.